The Labute approximate surface area is 178 Å². The summed E-state index contributed by atoms with van der Waals surface area (Å²) in [5.41, 5.74) is 2.65. The highest BCUT2D eigenvalue weighted by Crippen LogP contribution is 2.30. The number of ether oxygens (including phenoxy) is 2. The largest absolute Gasteiger partial charge is 0.497 e. The summed E-state index contributed by atoms with van der Waals surface area (Å²) in [6.07, 6.45) is 3.42. The van der Waals surface area contributed by atoms with Crippen LogP contribution in [0.2, 0.25) is 0 Å². The maximum atomic E-state index is 11.1. The van der Waals surface area contributed by atoms with Gasteiger partial charge in [-0.25, -0.2) is 0 Å². The molecule has 0 saturated carbocycles. The molecule has 0 aliphatic carbocycles. The molecule has 2 aromatic carbocycles. The zero-order chi connectivity index (χ0) is 20.2. The van der Waals surface area contributed by atoms with Crippen molar-refractivity contribution in [2.24, 2.45) is 0 Å². The van der Waals surface area contributed by atoms with Gasteiger partial charge in [-0.1, -0.05) is 12.1 Å². The number of fused-ring (bicyclic) bond motifs is 1. The van der Waals surface area contributed by atoms with Gasteiger partial charge in [-0.05, 0) is 41.5 Å². The fourth-order valence-electron chi connectivity index (χ4n) is 3.06. The molecular formula is C21H19ClN4O4. The zero-order valence-electron chi connectivity index (χ0n) is 16.1. The van der Waals surface area contributed by atoms with E-state index in [1.807, 2.05) is 36.4 Å². The van der Waals surface area contributed by atoms with E-state index in [-0.39, 0.29) is 18.1 Å². The minimum absolute atomic E-state index is 0. The average Bonchev–Trinajstić information content (AvgIpc) is 3.09. The third-order valence-electron chi connectivity index (χ3n) is 4.50. The quantitative estimate of drug-likeness (QED) is 0.321. The standard InChI is InChI=1S/C21H18N4O4.ClH/c1-28-18-5-6-20-19(12-18)21(29-14-15-7-9-22-10-8-15)23-24(20)13-16-3-2-4-17(11-16)25(26)27;/h2-12H,13-14H2,1H3;1H. The SMILES string of the molecule is COc1ccc2c(c1)c(OCc1ccncc1)nn2Cc1cccc([N+](=O)[O-])c1.Cl. The molecule has 0 bridgehead atoms. The molecule has 0 unspecified atom stereocenters. The highest BCUT2D eigenvalue weighted by atomic mass is 35.5. The number of pyridine rings is 1. The van der Waals surface area contributed by atoms with E-state index in [1.165, 1.54) is 6.07 Å². The number of methoxy groups -OCH3 is 1. The first kappa shape index (κ1) is 21.1. The summed E-state index contributed by atoms with van der Waals surface area (Å²) in [4.78, 5) is 14.7. The Morgan fingerprint density at radius 1 is 1.07 bits per heavy atom. The van der Waals surface area contributed by atoms with Gasteiger partial charge in [0.25, 0.3) is 5.69 Å². The van der Waals surface area contributed by atoms with Crippen LogP contribution in [-0.4, -0.2) is 26.8 Å². The molecule has 4 rings (SSSR count). The lowest BCUT2D eigenvalue weighted by molar-refractivity contribution is -0.384. The van der Waals surface area contributed by atoms with Gasteiger partial charge in [-0.2, -0.15) is 0 Å². The van der Waals surface area contributed by atoms with Crippen LogP contribution >= 0.6 is 12.4 Å². The van der Waals surface area contributed by atoms with E-state index in [1.54, 1.807) is 36.3 Å². The van der Waals surface area contributed by atoms with Gasteiger partial charge in [0, 0.05) is 24.5 Å². The second-order valence-electron chi connectivity index (χ2n) is 6.42. The summed E-state index contributed by atoms with van der Waals surface area (Å²) in [5.74, 6) is 1.17. The monoisotopic (exact) mass is 426 g/mol. The summed E-state index contributed by atoms with van der Waals surface area (Å²) in [7, 11) is 1.60. The Balaban J connectivity index is 0.00000256. The third-order valence-corrected chi connectivity index (χ3v) is 4.50. The first-order valence-electron chi connectivity index (χ1n) is 8.93. The molecule has 0 aliphatic heterocycles. The average molecular weight is 427 g/mol. The minimum atomic E-state index is -0.404. The van der Waals surface area contributed by atoms with Crippen molar-refractivity contribution >= 4 is 29.0 Å². The van der Waals surface area contributed by atoms with Crippen LogP contribution in [0.15, 0.2) is 67.0 Å². The van der Waals surface area contributed by atoms with Crippen LogP contribution in [0.4, 0.5) is 5.69 Å². The van der Waals surface area contributed by atoms with Crippen molar-refractivity contribution in [2.45, 2.75) is 13.2 Å². The molecule has 8 nitrogen and oxygen atoms in total. The zero-order valence-corrected chi connectivity index (χ0v) is 16.9. The highest BCUT2D eigenvalue weighted by Gasteiger charge is 2.15. The predicted octanol–water partition coefficient (Wildman–Crippen LogP) is 4.40. The lowest BCUT2D eigenvalue weighted by Gasteiger charge is -2.04. The number of rotatable bonds is 7. The number of nitro groups is 1. The van der Waals surface area contributed by atoms with E-state index in [4.69, 9.17) is 9.47 Å². The van der Waals surface area contributed by atoms with Crippen LogP contribution in [0.5, 0.6) is 11.6 Å². The molecule has 0 fully saturated rings. The Bertz CT molecular complexity index is 1160. The molecule has 2 aromatic heterocycles. The molecule has 0 spiro atoms. The van der Waals surface area contributed by atoms with Gasteiger partial charge in [0.15, 0.2) is 0 Å². The summed E-state index contributed by atoms with van der Waals surface area (Å²) in [5, 5.41) is 16.5. The van der Waals surface area contributed by atoms with Crippen LogP contribution < -0.4 is 9.47 Å². The van der Waals surface area contributed by atoms with E-state index < -0.39 is 4.92 Å². The lowest BCUT2D eigenvalue weighted by atomic mass is 10.2. The Hall–Kier alpha value is -3.65. The van der Waals surface area contributed by atoms with E-state index in [0.717, 1.165) is 22.0 Å². The smallest absolute Gasteiger partial charge is 0.269 e. The second-order valence-corrected chi connectivity index (χ2v) is 6.42. The molecule has 0 N–H and O–H groups in total. The molecule has 4 aromatic rings. The van der Waals surface area contributed by atoms with Crippen molar-refractivity contribution < 1.29 is 14.4 Å². The molecule has 9 heteroatoms. The number of hydrogen-bond acceptors (Lipinski definition) is 6. The summed E-state index contributed by atoms with van der Waals surface area (Å²) in [6, 6.07) is 15.9. The molecule has 2 heterocycles. The van der Waals surface area contributed by atoms with Crippen LogP contribution in [0.1, 0.15) is 11.1 Å². The van der Waals surface area contributed by atoms with Crippen molar-refractivity contribution in [3.05, 3.63) is 88.2 Å². The van der Waals surface area contributed by atoms with E-state index in [2.05, 4.69) is 10.1 Å². The Morgan fingerprint density at radius 3 is 2.60 bits per heavy atom. The summed E-state index contributed by atoms with van der Waals surface area (Å²) < 4.78 is 13.1. The first-order valence-corrected chi connectivity index (χ1v) is 8.93. The van der Waals surface area contributed by atoms with Gasteiger partial charge in [-0.3, -0.25) is 19.8 Å². The van der Waals surface area contributed by atoms with Gasteiger partial charge < -0.3 is 9.47 Å². The topological polar surface area (TPSA) is 92.3 Å². The number of hydrogen-bond donors (Lipinski definition) is 0. The predicted molar refractivity (Wildman–Crippen MR) is 114 cm³/mol. The number of nitrogens with zero attached hydrogens (tertiary/aromatic N) is 4. The fraction of sp³-hybridized carbons (Fsp3) is 0.143. The van der Waals surface area contributed by atoms with Gasteiger partial charge in [-0.15, -0.1) is 17.5 Å². The van der Waals surface area contributed by atoms with E-state index in [0.29, 0.717) is 24.8 Å². The van der Waals surface area contributed by atoms with Crippen molar-refractivity contribution in [3.8, 4) is 11.6 Å². The second kappa shape index (κ2) is 9.23. The number of benzene rings is 2. The number of non-ortho nitro benzene ring substituents is 1. The minimum Gasteiger partial charge on any atom is -0.497 e. The number of aromatic nitrogens is 3. The van der Waals surface area contributed by atoms with Crippen LogP contribution in [-0.2, 0) is 13.2 Å². The highest BCUT2D eigenvalue weighted by molar-refractivity contribution is 5.86. The molecule has 0 amide bonds. The van der Waals surface area contributed by atoms with E-state index >= 15 is 0 Å². The van der Waals surface area contributed by atoms with Crippen LogP contribution in [0.25, 0.3) is 10.9 Å². The molecule has 154 valence electrons. The van der Waals surface area contributed by atoms with Gasteiger partial charge >= 0.3 is 0 Å². The van der Waals surface area contributed by atoms with E-state index in [9.17, 15) is 10.1 Å². The van der Waals surface area contributed by atoms with Gasteiger partial charge in [0.05, 0.1) is 29.5 Å². The first-order chi connectivity index (χ1) is 14.1. The lowest BCUT2D eigenvalue weighted by Crippen LogP contribution is -2.03. The molecule has 0 aliphatic rings. The number of halogens is 1. The van der Waals surface area contributed by atoms with Crippen molar-refractivity contribution in [2.75, 3.05) is 7.11 Å². The van der Waals surface area contributed by atoms with Crippen molar-refractivity contribution in [1.29, 1.82) is 0 Å². The molecule has 30 heavy (non-hydrogen) atoms. The number of nitro benzene ring substituents is 1. The summed E-state index contributed by atoms with van der Waals surface area (Å²) >= 11 is 0. The van der Waals surface area contributed by atoms with Crippen LogP contribution in [0, 0.1) is 10.1 Å². The third kappa shape index (κ3) is 4.49. The fourth-order valence-corrected chi connectivity index (χ4v) is 3.06. The molecule has 0 saturated heterocycles. The summed E-state index contributed by atoms with van der Waals surface area (Å²) in [6.45, 7) is 0.728. The van der Waals surface area contributed by atoms with Crippen molar-refractivity contribution in [1.82, 2.24) is 14.8 Å². The maximum Gasteiger partial charge on any atom is 0.269 e. The molecular weight excluding hydrogens is 408 g/mol. The van der Waals surface area contributed by atoms with Crippen LogP contribution in [0.3, 0.4) is 0 Å². The Kier molecular flexibility index (Phi) is 6.48. The van der Waals surface area contributed by atoms with Crippen molar-refractivity contribution in [3.63, 3.8) is 0 Å². The Morgan fingerprint density at radius 2 is 1.87 bits per heavy atom. The maximum absolute atomic E-state index is 11.1. The van der Waals surface area contributed by atoms with Gasteiger partial charge in [0.1, 0.15) is 12.4 Å². The molecule has 0 radical (unpaired) electrons. The normalized spacial score (nSPS) is 10.4. The molecule has 0 atom stereocenters. The van der Waals surface area contributed by atoms with Gasteiger partial charge in [0.2, 0.25) is 5.88 Å².